The van der Waals surface area contributed by atoms with Crippen LogP contribution in [0.15, 0.2) is 88.3 Å². The monoisotopic (exact) mass is 1120 g/mol. The summed E-state index contributed by atoms with van der Waals surface area (Å²) in [7, 11) is 2.72. The molecular weight excluding hydrogens is 1070 g/mol. The van der Waals surface area contributed by atoms with Crippen LogP contribution in [0.1, 0.15) is 92.3 Å². The zero-order valence-corrected chi connectivity index (χ0v) is 45.0. The van der Waals surface area contributed by atoms with E-state index >= 15 is 0 Å². The molecule has 26 nitrogen and oxygen atoms in total. The summed E-state index contributed by atoms with van der Waals surface area (Å²) in [6.45, 7) is 13.0. The minimum atomic E-state index is -1.62. The molecule has 2 saturated heterocycles. The van der Waals surface area contributed by atoms with Gasteiger partial charge in [-0.15, -0.1) is 0 Å². The molecule has 0 bridgehead atoms. The minimum Gasteiger partial charge on any atom is -0.505 e. The number of aryl methyl sites for hydroxylation is 4. The van der Waals surface area contributed by atoms with Gasteiger partial charge in [0.25, 0.3) is 11.8 Å². The van der Waals surface area contributed by atoms with Gasteiger partial charge in [0.05, 0.1) is 22.0 Å². The van der Waals surface area contributed by atoms with Gasteiger partial charge in [-0.2, -0.15) is 0 Å². The topological polar surface area (TPSA) is 369 Å². The van der Waals surface area contributed by atoms with Crippen LogP contribution in [0.2, 0.25) is 0 Å². The number of aromatic amines is 2. The van der Waals surface area contributed by atoms with Gasteiger partial charge in [-0.1, -0.05) is 0 Å². The molecule has 8 atom stereocenters. The molecule has 8 unspecified atom stereocenters. The van der Waals surface area contributed by atoms with Crippen LogP contribution in [0, 0.1) is 27.7 Å². The van der Waals surface area contributed by atoms with Crippen molar-refractivity contribution in [2.24, 2.45) is 0 Å². The third-order valence-electron chi connectivity index (χ3n) is 13.8. The maximum atomic E-state index is 13.6. The lowest BCUT2D eigenvalue weighted by molar-refractivity contribution is -0.305. The number of hydrogen-bond acceptors (Lipinski definition) is 22. The minimum absolute atomic E-state index is 0.00156. The number of methoxy groups -OCH3 is 2. The van der Waals surface area contributed by atoms with Gasteiger partial charge < -0.3 is 92.2 Å². The summed E-state index contributed by atoms with van der Waals surface area (Å²) in [5, 5.41) is 49.7. The Kier molecular flexibility index (Phi) is 15.2. The lowest BCUT2D eigenvalue weighted by Crippen LogP contribution is -2.65. The molecule has 2 aliphatic heterocycles. The number of fused-ring (bicyclic) bond motifs is 2. The maximum Gasteiger partial charge on any atom is 0.364 e. The molecule has 5 aromatic heterocycles. The number of benzene rings is 2. The average Bonchev–Trinajstić information content (AvgIpc) is 4.13. The molecule has 8 N–H and O–H groups in total. The molecule has 2 fully saturated rings. The summed E-state index contributed by atoms with van der Waals surface area (Å²) in [5.74, 6) is -7.47. The highest BCUT2D eigenvalue weighted by Crippen LogP contribution is 2.41. The number of ether oxygens (including phenoxy) is 8. The highest BCUT2D eigenvalue weighted by Gasteiger charge is 2.55. The van der Waals surface area contributed by atoms with E-state index in [9.17, 15) is 54.0 Å². The van der Waals surface area contributed by atoms with E-state index in [1.54, 1.807) is 53.7 Å². The SMILES string of the molecule is COC1C(OC(=O)c2ccc(C)[nH]2)C(O)C(Oc2ccc3c(O)c(NC(=O)c4cc(=O)cc(C(=O)Nc5c(O)c6ccc(OC7OC(C)(C)C(OC)C(OC(=O)c8ccc(C)[nH]8)C7O)c(C)c6oc5=O)o4)c(=O)oc3c2C)OC1(C)C. The van der Waals surface area contributed by atoms with Crippen LogP contribution in [0.3, 0.4) is 0 Å². The van der Waals surface area contributed by atoms with Gasteiger partial charge in [0.1, 0.15) is 46.3 Å². The van der Waals surface area contributed by atoms with E-state index in [4.69, 9.17) is 51.1 Å². The lowest BCUT2D eigenvalue weighted by Gasteiger charge is -2.47. The van der Waals surface area contributed by atoms with Crippen molar-refractivity contribution in [2.45, 2.75) is 116 Å². The zero-order valence-electron chi connectivity index (χ0n) is 45.0. The second kappa shape index (κ2) is 21.7. The number of anilines is 2. The van der Waals surface area contributed by atoms with E-state index < -0.39 is 135 Å². The molecule has 7 heterocycles. The van der Waals surface area contributed by atoms with Crippen molar-refractivity contribution in [1.29, 1.82) is 0 Å². The van der Waals surface area contributed by atoms with Crippen LogP contribution in [-0.4, -0.2) is 129 Å². The second-order valence-electron chi connectivity index (χ2n) is 20.3. The summed E-state index contributed by atoms with van der Waals surface area (Å²) < 4.78 is 63.5. The number of carbonyl (C=O) groups is 4. The third-order valence-corrected chi connectivity index (χ3v) is 13.8. The van der Waals surface area contributed by atoms with Crippen molar-refractivity contribution in [3.05, 3.63) is 137 Å². The number of amides is 2. The number of nitrogens with one attached hydrogen (secondary N) is 4. The Morgan fingerprint density at radius 2 is 0.951 bits per heavy atom. The Labute approximate surface area is 457 Å². The van der Waals surface area contributed by atoms with Crippen LogP contribution in [0.4, 0.5) is 11.4 Å². The number of aromatic hydroxyl groups is 2. The Bertz CT molecular complexity index is 3590. The average molecular weight is 1130 g/mol. The fourth-order valence-electron chi connectivity index (χ4n) is 9.75. The van der Waals surface area contributed by atoms with Crippen molar-refractivity contribution in [2.75, 3.05) is 24.9 Å². The predicted octanol–water partition coefficient (Wildman–Crippen LogP) is 4.89. The van der Waals surface area contributed by atoms with Gasteiger partial charge in [-0.3, -0.25) is 14.4 Å². The molecule has 81 heavy (non-hydrogen) atoms. The van der Waals surface area contributed by atoms with Crippen molar-refractivity contribution in [3.8, 4) is 23.0 Å². The zero-order chi connectivity index (χ0) is 58.7. The predicted molar refractivity (Wildman–Crippen MR) is 281 cm³/mol. The molecule has 9 rings (SSSR count). The van der Waals surface area contributed by atoms with Gasteiger partial charge in [-0.05, 0) is 104 Å². The van der Waals surface area contributed by atoms with E-state index in [0.717, 1.165) is 0 Å². The first-order valence-corrected chi connectivity index (χ1v) is 24.9. The summed E-state index contributed by atoms with van der Waals surface area (Å²) in [4.78, 5) is 98.8. The first-order valence-electron chi connectivity index (χ1n) is 24.9. The molecule has 0 spiro atoms. The second-order valence-corrected chi connectivity index (χ2v) is 20.3. The molecule has 0 radical (unpaired) electrons. The number of rotatable bonds is 14. The smallest absolute Gasteiger partial charge is 0.364 e. The van der Waals surface area contributed by atoms with Crippen LogP contribution in [0.5, 0.6) is 23.0 Å². The molecular formula is C55H56N4O22. The Hall–Kier alpha value is -8.79. The van der Waals surface area contributed by atoms with Crippen molar-refractivity contribution in [1.82, 2.24) is 9.97 Å². The van der Waals surface area contributed by atoms with Gasteiger partial charge in [0.2, 0.25) is 12.6 Å². The Morgan fingerprint density at radius 3 is 1.30 bits per heavy atom. The molecule has 0 saturated carbocycles. The van der Waals surface area contributed by atoms with Crippen LogP contribution < -0.4 is 36.8 Å². The molecule has 2 aliphatic rings. The summed E-state index contributed by atoms with van der Waals surface area (Å²) in [6, 6.07) is 13.0. The van der Waals surface area contributed by atoms with Crippen molar-refractivity contribution in [3.63, 3.8) is 0 Å². The summed E-state index contributed by atoms with van der Waals surface area (Å²) in [6.07, 6.45) is -10.7. The fraction of sp³-hybridized carbons (Fsp3) is 0.364. The van der Waals surface area contributed by atoms with Gasteiger partial charge in [0, 0.05) is 48.9 Å². The Balaban J connectivity index is 0.902. The number of hydrogen-bond donors (Lipinski definition) is 8. The molecule has 7 aromatic rings. The highest BCUT2D eigenvalue weighted by molar-refractivity contribution is 6.07. The molecule has 2 amide bonds. The van der Waals surface area contributed by atoms with Gasteiger partial charge >= 0.3 is 23.2 Å². The third kappa shape index (κ3) is 10.9. The molecule has 2 aromatic carbocycles. The normalized spacial score (nSPS) is 22.2. The lowest BCUT2D eigenvalue weighted by atomic mass is 9.89. The Morgan fingerprint density at radius 1 is 0.568 bits per heavy atom. The van der Waals surface area contributed by atoms with E-state index in [1.165, 1.54) is 64.5 Å². The van der Waals surface area contributed by atoms with Crippen molar-refractivity contribution >= 4 is 57.1 Å². The molecule has 26 heteroatoms. The summed E-state index contributed by atoms with van der Waals surface area (Å²) in [5.41, 5.74) is -6.09. The number of aliphatic hydroxyl groups excluding tert-OH is 2. The first-order chi connectivity index (χ1) is 38.2. The number of carbonyl (C=O) groups excluding carboxylic acids is 4. The first kappa shape index (κ1) is 56.9. The van der Waals surface area contributed by atoms with E-state index in [1.807, 2.05) is 0 Å². The van der Waals surface area contributed by atoms with Gasteiger partial charge in [-0.25, -0.2) is 19.2 Å². The van der Waals surface area contributed by atoms with Crippen LogP contribution in [0.25, 0.3) is 21.9 Å². The number of aliphatic hydroxyl groups is 2. The molecule has 428 valence electrons. The van der Waals surface area contributed by atoms with Crippen LogP contribution in [-0.2, 0) is 28.4 Å². The fourth-order valence-corrected chi connectivity index (χ4v) is 9.75. The standard InChI is InChI=1S/C55H56N4O22/c1-21-11-15-28(56-21)48(67)78-42-38(63)52(80-54(5,6)44(42)71-9)74-30-17-13-26-36(61)34(50(69)76-40(26)23(30)3)58-46(65)32-19-25(60)20-33(73-32)47(66)59-35-37(62)27-14-18-31(24(4)41(27)77-51(35)70)75-53-39(64)43(45(72-10)55(7,8)81-53)79-49(68)29-16-12-22(2)57-29/h11-20,38-39,42-45,52-53,56-57,61-64H,1-10H3,(H,58,65)(H,59,66). The largest absolute Gasteiger partial charge is 0.505 e. The van der Waals surface area contributed by atoms with Crippen molar-refractivity contribution < 1.29 is 90.8 Å². The van der Waals surface area contributed by atoms with Crippen LogP contribution >= 0.6 is 0 Å². The quantitative estimate of drug-likeness (QED) is 0.0531. The highest BCUT2D eigenvalue weighted by atomic mass is 16.7. The number of H-pyrrole nitrogens is 2. The number of esters is 2. The summed E-state index contributed by atoms with van der Waals surface area (Å²) >= 11 is 0. The molecule has 0 aliphatic carbocycles. The van der Waals surface area contributed by atoms with Gasteiger partial charge in [0.15, 0.2) is 64.2 Å². The van der Waals surface area contributed by atoms with E-state index in [-0.39, 0.29) is 56.0 Å². The number of aromatic nitrogens is 2. The van der Waals surface area contributed by atoms with E-state index in [0.29, 0.717) is 23.5 Å². The van der Waals surface area contributed by atoms with E-state index in [2.05, 4.69) is 20.6 Å². The maximum absolute atomic E-state index is 13.6.